The molecular formula is C12H6Cl2N2. The standard InChI is InChI=1S/C12H6Cl2N2/c13-11-3-1-2-8(5-11)10-4-9(6-15)12(14)16-7-10/h1-5,7H. The monoisotopic (exact) mass is 248 g/mol. The average Bonchev–Trinajstić information content (AvgIpc) is 2.29. The van der Waals surface area contributed by atoms with Gasteiger partial charge in [0.2, 0.25) is 0 Å². The highest BCUT2D eigenvalue weighted by Crippen LogP contribution is 2.24. The Morgan fingerprint density at radius 2 is 1.94 bits per heavy atom. The molecule has 0 aliphatic rings. The lowest BCUT2D eigenvalue weighted by Gasteiger charge is -2.02. The minimum atomic E-state index is 0.216. The number of halogens is 2. The summed E-state index contributed by atoms with van der Waals surface area (Å²) in [6.45, 7) is 0. The fourth-order valence-electron chi connectivity index (χ4n) is 1.35. The van der Waals surface area contributed by atoms with E-state index in [4.69, 9.17) is 28.5 Å². The average molecular weight is 249 g/mol. The predicted octanol–water partition coefficient (Wildman–Crippen LogP) is 3.93. The van der Waals surface area contributed by atoms with Gasteiger partial charge in [0, 0.05) is 16.8 Å². The summed E-state index contributed by atoms with van der Waals surface area (Å²) >= 11 is 11.6. The third-order valence-corrected chi connectivity index (χ3v) is 2.65. The molecule has 78 valence electrons. The topological polar surface area (TPSA) is 36.7 Å². The molecule has 0 aliphatic heterocycles. The van der Waals surface area contributed by atoms with Crippen molar-refractivity contribution in [2.75, 3.05) is 0 Å². The third kappa shape index (κ3) is 2.16. The van der Waals surface area contributed by atoms with Gasteiger partial charge < -0.3 is 0 Å². The van der Waals surface area contributed by atoms with E-state index in [9.17, 15) is 0 Å². The second kappa shape index (κ2) is 4.52. The van der Waals surface area contributed by atoms with Crippen LogP contribution < -0.4 is 0 Å². The SMILES string of the molecule is N#Cc1cc(-c2cccc(Cl)c2)cnc1Cl. The minimum absolute atomic E-state index is 0.216. The maximum atomic E-state index is 8.84. The van der Waals surface area contributed by atoms with Crippen molar-refractivity contribution < 1.29 is 0 Å². The number of hydrogen-bond acceptors (Lipinski definition) is 2. The molecule has 1 heterocycles. The van der Waals surface area contributed by atoms with E-state index in [2.05, 4.69) is 4.98 Å². The van der Waals surface area contributed by atoms with Crippen LogP contribution in [-0.4, -0.2) is 4.98 Å². The Balaban J connectivity index is 2.54. The van der Waals surface area contributed by atoms with E-state index in [1.54, 1.807) is 18.3 Å². The second-order valence-electron chi connectivity index (χ2n) is 3.18. The van der Waals surface area contributed by atoms with Crippen molar-refractivity contribution >= 4 is 23.2 Å². The summed E-state index contributed by atoms with van der Waals surface area (Å²) in [4.78, 5) is 3.96. The highest BCUT2D eigenvalue weighted by atomic mass is 35.5. The summed E-state index contributed by atoms with van der Waals surface area (Å²) in [7, 11) is 0. The van der Waals surface area contributed by atoms with Gasteiger partial charge in [0.1, 0.15) is 11.2 Å². The van der Waals surface area contributed by atoms with Crippen molar-refractivity contribution in [2.45, 2.75) is 0 Å². The van der Waals surface area contributed by atoms with Crippen LogP contribution >= 0.6 is 23.2 Å². The Kier molecular flexibility index (Phi) is 3.09. The Hall–Kier alpha value is -1.56. The molecule has 0 spiro atoms. The van der Waals surface area contributed by atoms with Crippen LogP contribution in [0.5, 0.6) is 0 Å². The van der Waals surface area contributed by atoms with E-state index in [-0.39, 0.29) is 5.15 Å². The van der Waals surface area contributed by atoms with Crippen LogP contribution in [0.2, 0.25) is 10.2 Å². The number of nitrogens with zero attached hydrogens (tertiary/aromatic N) is 2. The molecule has 0 saturated heterocycles. The van der Waals surface area contributed by atoms with E-state index in [0.29, 0.717) is 10.6 Å². The zero-order valence-electron chi connectivity index (χ0n) is 8.11. The molecule has 1 aromatic carbocycles. The number of pyridine rings is 1. The fraction of sp³-hybridized carbons (Fsp3) is 0. The number of aromatic nitrogens is 1. The maximum absolute atomic E-state index is 8.84. The van der Waals surface area contributed by atoms with Crippen molar-refractivity contribution in [3.8, 4) is 17.2 Å². The van der Waals surface area contributed by atoms with Gasteiger partial charge in [0.25, 0.3) is 0 Å². The molecule has 0 amide bonds. The molecule has 0 fully saturated rings. The summed E-state index contributed by atoms with van der Waals surface area (Å²) in [5, 5.41) is 9.70. The van der Waals surface area contributed by atoms with Crippen LogP contribution in [0.4, 0.5) is 0 Å². The Morgan fingerprint density at radius 3 is 2.62 bits per heavy atom. The van der Waals surface area contributed by atoms with Gasteiger partial charge in [-0.25, -0.2) is 4.98 Å². The third-order valence-electron chi connectivity index (χ3n) is 2.12. The van der Waals surface area contributed by atoms with Crippen LogP contribution in [0.1, 0.15) is 5.56 Å². The minimum Gasteiger partial charge on any atom is -0.243 e. The van der Waals surface area contributed by atoms with E-state index in [1.807, 2.05) is 24.3 Å². The highest BCUT2D eigenvalue weighted by molar-refractivity contribution is 6.31. The summed E-state index contributed by atoms with van der Waals surface area (Å²) in [5.74, 6) is 0. The molecule has 0 radical (unpaired) electrons. The molecular weight excluding hydrogens is 243 g/mol. The first-order valence-corrected chi connectivity index (χ1v) is 5.28. The second-order valence-corrected chi connectivity index (χ2v) is 3.98. The van der Waals surface area contributed by atoms with Crippen LogP contribution in [-0.2, 0) is 0 Å². The van der Waals surface area contributed by atoms with Gasteiger partial charge in [0.05, 0.1) is 5.56 Å². The van der Waals surface area contributed by atoms with Crippen molar-refractivity contribution in [2.24, 2.45) is 0 Å². The van der Waals surface area contributed by atoms with Crippen LogP contribution in [0, 0.1) is 11.3 Å². The zero-order chi connectivity index (χ0) is 11.5. The zero-order valence-corrected chi connectivity index (χ0v) is 9.63. The van der Waals surface area contributed by atoms with Crippen LogP contribution in [0.25, 0.3) is 11.1 Å². The largest absolute Gasteiger partial charge is 0.243 e. The lowest BCUT2D eigenvalue weighted by atomic mass is 10.1. The Bertz CT molecular complexity index is 573. The lowest BCUT2D eigenvalue weighted by molar-refractivity contribution is 1.30. The smallest absolute Gasteiger partial charge is 0.146 e. The van der Waals surface area contributed by atoms with Gasteiger partial charge in [-0.05, 0) is 23.8 Å². The van der Waals surface area contributed by atoms with Gasteiger partial charge in [-0.1, -0.05) is 35.3 Å². The first-order chi connectivity index (χ1) is 7.70. The van der Waals surface area contributed by atoms with Gasteiger partial charge in [0.15, 0.2) is 0 Å². The predicted molar refractivity (Wildman–Crippen MR) is 64.4 cm³/mol. The van der Waals surface area contributed by atoms with Gasteiger partial charge in [-0.15, -0.1) is 0 Å². The highest BCUT2D eigenvalue weighted by Gasteiger charge is 2.04. The van der Waals surface area contributed by atoms with Crippen molar-refractivity contribution in [3.63, 3.8) is 0 Å². The van der Waals surface area contributed by atoms with Crippen LogP contribution in [0.3, 0.4) is 0 Å². The van der Waals surface area contributed by atoms with E-state index >= 15 is 0 Å². The number of hydrogen-bond donors (Lipinski definition) is 0. The molecule has 2 nitrogen and oxygen atoms in total. The summed E-state index contributed by atoms with van der Waals surface area (Å²) in [6.07, 6.45) is 1.62. The molecule has 0 N–H and O–H groups in total. The van der Waals surface area contributed by atoms with E-state index in [0.717, 1.165) is 11.1 Å². The normalized spacial score (nSPS) is 9.81. The number of nitriles is 1. The first-order valence-electron chi connectivity index (χ1n) is 4.52. The Morgan fingerprint density at radius 1 is 1.12 bits per heavy atom. The number of benzene rings is 1. The molecule has 0 bridgehead atoms. The number of rotatable bonds is 1. The quantitative estimate of drug-likeness (QED) is 0.718. The summed E-state index contributed by atoms with van der Waals surface area (Å²) < 4.78 is 0. The molecule has 0 unspecified atom stereocenters. The molecule has 0 aliphatic carbocycles. The van der Waals surface area contributed by atoms with Gasteiger partial charge in [-0.3, -0.25) is 0 Å². The summed E-state index contributed by atoms with van der Waals surface area (Å²) in [5.41, 5.74) is 2.09. The van der Waals surface area contributed by atoms with Gasteiger partial charge >= 0.3 is 0 Å². The first kappa shape index (κ1) is 10.9. The van der Waals surface area contributed by atoms with Gasteiger partial charge in [-0.2, -0.15) is 5.26 Å². The van der Waals surface area contributed by atoms with Crippen LogP contribution in [0.15, 0.2) is 36.5 Å². The van der Waals surface area contributed by atoms with E-state index in [1.165, 1.54) is 0 Å². The van der Waals surface area contributed by atoms with Crippen molar-refractivity contribution in [3.05, 3.63) is 52.3 Å². The summed E-state index contributed by atoms with van der Waals surface area (Å²) in [6, 6.07) is 11.0. The molecule has 16 heavy (non-hydrogen) atoms. The molecule has 4 heteroatoms. The van der Waals surface area contributed by atoms with Crippen molar-refractivity contribution in [1.29, 1.82) is 5.26 Å². The molecule has 2 aromatic rings. The molecule has 0 atom stereocenters. The maximum Gasteiger partial charge on any atom is 0.146 e. The molecule has 2 rings (SSSR count). The van der Waals surface area contributed by atoms with Crippen molar-refractivity contribution in [1.82, 2.24) is 4.98 Å². The fourth-order valence-corrected chi connectivity index (χ4v) is 1.69. The molecule has 1 aromatic heterocycles. The lowest BCUT2D eigenvalue weighted by Crippen LogP contribution is -1.85. The Labute approximate surface area is 103 Å². The van der Waals surface area contributed by atoms with E-state index < -0.39 is 0 Å². The molecule has 0 saturated carbocycles.